The van der Waals surface area contributed by atoms with Crippen molar-refractivity contribution in [1.82, 2.24) is 9.55 Å². The average molecular weight is 285 g/mol. The maximum absolute atomic E-state index is 12.3. The Morgan fingerprint density at radius 2 is 2.19 bits per heavy atom. The van der Waals surface area contributed by atoms with Crippen LogP contribution >= 0.6 is 0 Å². The monoisotopic (exact) mass is 285 g/mol. The van der Waals surface area contributed by atoms with Gasteiger partial charge in [0.15, 0.2) is 0 Å². The zero-order chi connectivity index (χ0) is 14.8. The van der Waals surface area contributed by atoms with Crippen LogP contribution in [0.15, 0.2) is 36.7 Å². The molecule has 2 aromatic heterocycles. The molecule has 21 heavy (non-hydrogen) atoms. The second-order valence-corrected chi connectivity index (χ2v) is 4.91. The lowest BCUT2D eigenvalue weighted by molar-refractivity contribution is 0.0600. The van der Waals surface area contributed by atoms with E-state index in [0.29, 0.717) is 23.1 Å². The van der Waals surface area contributed by atoms with E-state index >= 15 is 0 Å². The zero-order valence-corrected chi connectivity index (χ0v) is 11.6. The highest BCUT2D eigenvalue weighted by Gasteiger charge is 2.26. The van der Waals surface area contributed by atoms with Gasteiger partial charge in [0.25, 0.3) is 5.91 Å². The molecule has 2 aromatic rings. The van der Waals surface area contributed by atoms with E-state index in [2.05, 4.69) is 15.0 Å². The highest BCUT2D eigenvalue weighted by atomic mass is 16.5. The number of esters is 1. The van der Waals surface area contributed by atoms with Crippen LogP contribution < -0.4 is 5.32 Å². The molecule has 6 nitrogen and oxygen atoms in total. The van der Waals surface area contributed by atoms with Gasteiger partial charge in [-0.25, -0.2) is 9.78 Å². The van der Waals surface area contributed by atoms with Crippen molar-refractivity contribution in [3.63, 3.8) is 0 Å². The lowest BCUT2D eigenvalue weighted by Gasteiger charge is -2.08. The lowest BCUT2D eigenvalue weighted by atomic mass is 10.2. The molecule has 1 aliphatic carbocycles. The summed E-state index contributed by atoms with van der Waals surface area (Å²) in [5.41, 5.74) is 0.947. The highest BCUT2D eigenvalue weighted by molar-refractivity contribution is 6.03. The van der Waals surface area contributed by atoms with E-state index in [9.17, 15) is 9.59 Å². The van der Waals surface area contributed by atoms with Crippen LogP contribution in [0.4, 0.5) is 5.82 Å². The second-order valence-electron chi connectivity index (χ2n) is 4.91. The number of nitrogens with zero attached hydrogens (tertiary/aromatic N) is 2. The van der Waals surface area contributed by atoms with Gasteiger partial charge in [-0.1, -0.05) is 0 Å². The molecule has 0 aliphatic heterocycles. The molecule has 0 bridgehead atoms. The Kier molecular flexibility index (Phi) is 3.43. The minimum atomic E-state index is -0.464. The molecule has 2 heterocycles. The molecule has 3 rings (SSSR count). The molecule has 0 aromatic carbocycles. The summed E-state index contributed by atoms with van der Waals surface area (Å²) < 4.78 is 6.62. The summed E-state index contributed by atoms with van der Waals surface area (Å²) in [5, 5.41) is 2.71. The number of pyridine rings is 1. The summed E-state index contributed by atoms with van der Waals surface area (Å²) >= 11 is 0. The van der Waals surface area contributed by atoms with Crippen LogP contribution in [0, 0.1) is 0 Å². The Labute approximate surface area is 121 Å². The lowest BCUT2D eigenvalue weighted by Crippen LogP contribution is -2.17. The van der Waals surface area contributed by atoms with Crippen molar-refractivity contribution in [3.8, 4) is 0 Å². The number of amides is 1. The first-order valence-corrected chi connectivity index (χ1v) is 6.71. The molecule has 6 heteroatoms. The fourth-order valence-corrected chi connectivity index (χ4v) is 2.18. The number of methoxy groups -OCH3 is 1. The summed E-state index contributed by atoms with van der Waals surface area (Å²) in [6, 6.07) is 7.08. The van der Waals surface area contributed by atoms with Crippen molar-refractivity contribution >= 4 is 17.7 Å². The van der Waals surface area contributed by atoms with Crippen molar-refractivity contribution in [2.24, 2.45) is 0 Å². The van der Waals surface area contributed by atoms with Crippen LogP contribution in [0.25, 0.3) is 0 Å². The van der Waals surface area contributed by atoms with Crippen molar-refractivity contribution in [2.45, 2.75) is 18.9 Å². The van der Waals surface area contributed by atoms with Crippen molar-refractivity contribution in [2.75, 3.05) is 12.4 Å². The van der Waals surface area contributed by atoms with E-state index in [0.717, 1.165) is 12.8 Å². The van der Waals surface area contributed by atoms with Gasteiger partial charge in [0.1, 0.15) is 11.5 Å². The topological polar surface area (TPSA) is 73.2 Å². The van der Waals surface area contributed by atoms with Crippen LogP contribution in [0.3, 0.4) is 0 Å². The van der Waals surface area contributed by atoms with Crippen LogP contribution in [-0.2, 0) is 4.74 Å². The quantitative estimate of drug-likeness (QED) is 0.874. The smallest absolute Gasteiger partial charge is 0.338 e. The van der Waals surface area contributed by atoms with Gasteiger partial charge in [-0.15, -0.1) is 0 Å². The Bertz CT molecular complexity index is 689. The number of rotatable bonds is 4. The predicted octanol–water partition coefficient (Wildman–Crippen LogP) is 2.26. The number of aromatic nitrogens is 2. The third-order valence-electron chi connectivity index (χ3n) is 3.37. The molecular weight excluding hydrogens is 270 g/mol. The number of ether oxygens (including phenoxy) is 1. The first-order valence-electron chi connectivity index (χ1n) is 6.71. The molecule has 0 spiro atoms. The zero-order valence-electron chi connectivity index (χ0n) is 11.6. The summed E-state index contributed by atoms with van der Waals surface area (Å²) in [4.78, 5) is 27.8. The molecule has 0 saturated heterocycles. The van der Waals surface area contributed by atoms with Crippen molar-refractivity contribution < 1.29 is 14.3 Å². The van der Waals surface area contributed by atoms with Gasteiger partial charge in [0.05, 0.1) is 12.7 Å². The Hall–Kier alpha value is -2.63. The molecular formula is C15H15N3O3. The molecule has 1 aliphatic rings. The average Bonchev–Trinajstić information content (AvgIpc) is 3.23. The Morgan fingerprint density at radius 1 is 1.38 bits per heavy atom. The van der Waals surface area contributed by atoms with Gasteiger partial charge in [0, 0.05) is 18.4 Å². The fraction of sp³-hybridized carbons (Fsp3) is 0.267. The molecule has 1 saturated carbocycles. The van der Waals surface area contributed by atoms with Crippen molar-refractivity contribution in [1.29, 1.82) is 0 Å². The van der Waals surface area contributed by atoms with Gasteiger partial charge >= 0.3 is 5.97 Å². The maximum atomic E-state index is 12.3. The third kappa shape index (κ3) is 2.79. The Morgan fingerprint density at radius 3 is 2.90 bits per heavy atom. The van der Waals surface area contributed by atoms with Crippen LogP contribution in [0.5, 0.6) is 0 Å². The minimum absolute atomic E-state index is 0.235. The first kappa shape index (κ1) is 13.4. The molecule has 108 valence electrons. The number of anilines is 1. The summed E-state index contributed by atoms with van der Waals surface area (Å²) in [7, 11) is 1.31. The number of hydrogen-bond acceptors (Lipinski definition) is 4. The van der Waals surface area contributed by atoms with Gasteiger partial charge in [0.2, 0.25) is 0 Å². The molecule has 0 radical (unpaired) electrons. The third-order valence-corrected chi connectivity index (χ3v) is 3.37. The highest BCUT2D eigenvalue weighted by Crippen LogP contribution is 2.36. The van der Waals surface area contributed by atoms with E-state index in [4.69, 9.17) is 0 Å². The maximum Gasteiger partial charge on any atom is 0.338 e. The van der Waals surface area contributed by atoms with Gasteiger partial charge < -0.3 is 14.6 Å². The summed E-state index contributed by atoms with van der Waals surface area (Å²) in [6.45, 7) is 0. The normalized spacial score (nSPS) is 13.8. The molecule has 0 unspecified atom stereocenters. The van der Waals surface area contributed by atoms with Crippen LogP contribution in [0.2, 0.25) is 0 Å². The van der Waals surface area contributed by atoms with E-state index in [-0.39, 0.29) is 5.91 Å². The van der Waals surface area contributed by atoms with Gasteiger partial charge in [-0.3, -0.25) is 4.79 Å². The van der Waals surface area contributed by atoms with Crippen LogP contribution in [0.1, 0.15) is 39.7 Å². The number of nitrogens with one attached hydrogen (secondary N) is 1. The van der Waals surface area contributed by atoms with Crippen LogP contribution in [-0.4, -0.2) is 28.5 Å². The predicted molar refractivity (Wildman–Crippen MR) is 76.2 cm³/mol. The molecule has 1 N–H and O–H groups in total. The first-order chi connectivity index (χ1) is 10.2. The van der Waals surface area contributed by atoms with Gasteiger partial charge in [-0.05, 0) is 37.1 Å². The van der Waals surface area contributed by atoms with E-state index in [1.54, 1.807) is 6.07 Å². The number of carbonyl (C=O) groups excluding carboxylic acids is 2. The van der Waals surface area contributed by atoms with E-state index in [1.165, 1.54) is 25.4 Å². The van der Waals surface area contributed by atoms with E-state index in [1.807, 2.05) is 16.8 Å². The van der Waals surface area contributed by atoms with Crippen molar-refractivity contribution in [3.05, 3.63) is 47.9 Å². The van der Waals surface area contributed by atoms with Gasteiger partial charge in [-0.2, -0.15) is 0 Å². The summed E-state index contributed by atoms with van der Waals surface area (Å²) in [5.74, 6) is -0.373. The number of hydrogen-bond donors (Lipinski definition) is 1. The minimum Gasteiger partial charge on any atom is -0.465 e. The largest absolute Gasteiger partial charge is 0.465 e. The Balaban J connectivity index is 1.78. The molecule has 0 atom stereocenters. The SMILES string of the molecule is COC(=O)c1ccnc(NC(=O)c2cccn2C2CC2)c1. The fourth-order valence-electron chi connectivity index (χ4n) is 2.18. The summed E-state index contributed by atoms with van der Waals surface area (Å²) in [6.07, 6.45) is 5.57. The van der Waals surface area contributed by atoms with E-state index < -0.39 is 5.97 Å². The second kappa shape index (κ2) is 5.40. The molecule has 1 amide bonds. The molecule has 1 fully saturated rings. The standard InChI is InChI=1S/C15H15N3O3/c1-21-15(20)10-6-7-16-13(9-10)17-14(19)12-3-2-8-18(12)11-4-5-11/h2-3,6-9,11H,4-5H2,1H3,(H,16,17,19). The number of carbonyl (C=O) groups is 2.